The summed E-state index contributed by atoms with van der Waals surface area (Å²) in [6.45, 7) is 2.29. The molecule has 0 aliphatic carbocycles. The van der Waals surface area contributed by atoms with Crippen LogP contribution in [0.3, 0.4) is 0 Å². The van der Waals surface area contributed by atoms with Gasteiger partial charge in [-0.05, 0) is 19.1 Å². The van der Waals surface area contributed by atoms with Crippen LogP contribution in [-0.2, 0) is 6.42 Å². The summed E-state index contributed by atoms with van der Waals surface area (Å²) in [5.41, 5.74) is 0.990. The van der Waals surface area contributed by atoms with Gasteiger partial charge in [0.15, 0.2) is 0 Å². The predicted molar refractivity (Wildman–Crippen MR) is 65.2 cm³/mol. The van der Waals surface area contributed by atoms with E-state index in [4.69, 9.17) is 16.3 Å². The maximum absolute atomic E-state index is 5.80. The SMILES string of the molecule is Cc1nc(Cl)cc(OCCc2ccccn2)n1. The van der Waals surface area contributed by atoms with Crippen LogP contribution in [-0.4, -0.2) is 21.6 Å². The summed E-state index contributed by atoms with van der Waals surface area (Å²) in [4.78, 5) is 12.3. The first-order chi connectivity index (χ1) is 8.24. The maximum Gasteiger partial charge on any atom is 0.218 e. The number of aryl methyl sites for hydroxylation is 1. The van der Waals surface area contributed by atoms with Crippen molar-refractivity contribution in [2.45, 2.75) is 13.3 Å². The molecule has 4 nitrogen and oxygen atoms in total. The fourth-order valence-electron chi connectivity index (χ4n) is 1.39. The summed E-state index contributed by atoms with van der Waals surface area (Å²) in [6, 6.07) is 7.40. The number of pyridine rings is 1. The molecule has 0 N–H and O–H groups in total. The first-order valence-electron chi connectivity index (χ1n) is 5.28. The Morgan fingerprint density at radius 3 is 2.88 bits per heavy atom. The zero-order valence-electron chi connectivity index (χ0n) is 9.43. The largest absolute Gasteiger partial charge is 0.477 e. The number of halogens is 1. The predicted octanol–water partition coefficient (Wildman–Crippen LogP) is 2.45. The van der Waals surface area contributed by atoms with Crippen LogP contribution in [0.2, 0.25) is 5.15 Å². The summed E-state index contributed by atoms with van der Waals surface area (Å²) in [5.74, 6) is 1.10. The van der Waals surface area contributed by atoms with Crippen molar-refractivity contribution in [1.82, 2.24) is 15.0 Å². The molecular weight excluding hydrogens is 238 g/mol. The number of rotatable bonds is 4. The summed E-state index contributed by atoms with van der Waals surface area (Å²) in [6.07, 6.45) is 2.50. The number of nitrogens with zero attached hydrogens (tertiary/aromatic N) is 3. The molecule has 17 heavy (non-hydrogen) atoms. The molecule has 0 aromatic carbocycles. The normalized spacial score (nSPS) is 10.2. The number of aromatic nitrogens is 3. The Morgan fingerprint density at radius 1 is 1.29 bits per heavy atom. The van der Waals surface area contributed by atoms with Crippen LogP contribution < -0.4 is 4.74 Å². The van der Waals surface area contributed by atoms with Gasteiger partial charge in [-0.3, -0.25) is 4.98 Å². The Hall–Kier alpha value is -1.68. The lowest BCUT2D eigenvalue weighted by Gasteiger charge is -2.05. The summed E-state index contributed by atoms with van der Waals surface area (Å²) >= 11 is 5.80. The first-order valence-corrected chi connectivity index (χ1v) is 5.66. The quantitative estimate of drug-likeness (QED) is 0.781. The highest BCUT2D eigenvalue weighted by molar-refractivity contribution is 6.29. The lowest BCUT2D eigenvalue weighted by molar-refractivity contribution is 0.307. The molecule has 0 aliphatic heterocycles. The molecule has 0 saturated carbocycles. The van der Waals surface area contributed by atoms with Crippen molar-refractivity contribution < 1.29 is 4.74 Å². The Balaban J connectivity index is 1.90. The van der Waals surface area contributed by atoms with Crippen molar-refractivity contribution in [3.8, 4) is 5.88 Å². The van der Waals surface area contributed by atoms with Gasteiger partial charge in [0.05, 0.1) is 6.61 Å². The van der Waals surface area contributed by atoms with Crippen LogP contribution in [0.5, 0.6) is 5.88 Å². The van der Waals surface area contributed by atoms with E-state index in [1.807, 2.05) is 18.2 Å². The highest BCUT2D eigenvalue weighted by atomic mass is 35.5. The first kappa shape index (κ1) is 11.8. The van der Waals surface area contributed by atoms with Crippen molar-refractivity contribution in [3.05, 3.63) is 47.1 Å². The van der Waals surface area contributed by atoms with Crippen LogP contribution in [0.1, 0.15) is 11.5 Å². The number of hydrogen-bond acceptors (Lipinski definition) is 4. The Bertz CT molecular complexity index is 470. The molecule has 5 heteroatoms. The molecule has 2 heterocycles. The van der Waals surface area contributed by atoms with E-state index in [1.54, 1.807) is 19.2 Å². The third-order valence-corrected chi connectivity index (χ3v) is 2.31. The van der Waals surface area contributed by atoms with E-state index in [-0.39, 0.29) is 0 Å². The Morgan fingerprint density at radius 2 is 2.18 bits per heavy atom. The second-order valence-corrected chi connectivity index (χ2v) is 3.88. The van der Waals surface area contributed by atoms with E-state index in [0.717, 1.165) is 12.1 Å². The van der Waals surface area contributed by atoms with Crippen molar-refractivity contribution in [2.24, 2.45) is 0 Å². The van der Waals surface area contributed by atoms with Gasteiger partial charge in [0.1, 0.15) is 11.0 Å². The molecule has 2 aromatic rings. The van der Waals surface area contributed by atoms with Crippen molar-refractivity contribution >= 4 is 11.6 Å². The van der Waals surface area contributed by atoms with Crippen LogP contribution >= 0.6 is 11.6 Å². The molecule has 0 bridgehead atoms. The van der Waals surface area contributed by atoms with Gasteiger partial charge in [0, 0.05) is 24.4 Å². The molecule has 2 aromatic heterocycles. The van der Waals surface area contributed by atoms with Crippen LogP contribution in [0, 0.1) is 6.92 Å². The standard InChI is InChI=1S/C12H12ClN3O/c1-9-15-11(13)8-12(16-9)17-7-5-10-4-2-3-6-14-10/h2-4,6,8H,5,7H2,1H3. The number of ether oxygens (including phenoxy) is 1. The van der Waals surface area contributed by atoms with E-state index in [0.29, 0.717) is 23.5 Å². The molecule has 0 fully saturated rings. The Labute approximate surface area is 105 Å². The van der Waals surface area contributed by atoms with E-state index in [2.05, 4.69) is 15.0 Å². The van der Waals surface area contributed by atoms with Gasteiger partial charge in [-0.1, -0.05) is 17.7 Å². The molecule has 0 spiro atoms. The van der Waals surface area contributed by atoms with Crippen molar-refractivity contribution in [3.63, 3.8) is 0 Å². The fourth-order valence-corrected chi connectivity index (χ4v) is 1.60. The fraction of sp³-hybridized carbons (Fsp3) is 0.250. The maximum atomic E-state index is 5.80. The minimum atomic E-state index is 0.394. The van der Waals surface area contributed by atoms with Crippen molar-refractivity contribution in [2.75, 3.05) is 6.61 Å². The van der Waals surface area contributed by atoms with Crippen LogP contribution in [0.25, 0.3) is 0 Å². The molecule has 0 atom stereocenters. The van der Waals surface area contributed by atoms with Crippen LogP contribution in [0.4, 0.5) is 0 Å². The van der Waals surface area contributed by atoms with E-state index < -0.39 is 0 Å². The van der Waals surface area contributed by atoms with Crippen molar-refractivity contribution in [1.29, 1.82) is 0 Å². The highest BCUT2D eigenvalue weighted by Gasteiger charge is 2.01. The Kier molecular flexibility index (Phi) is 3.88. The average Bonchev–Trinajstić information content (AvgIpc) is 2.29. The summed E-state index contributed by atoms with van der Waals surface area (Å²) < 4.78 is 5.50. The molecule has 0 amide bonds. The zero-order valence-corrected chi connectivity index (χ0v) is 10.2. The van der Waals surface area contributed by atoms with Gasteiger partial charge in [0.25, 0.3) is 0 Å². The topological polar surface area (TPSA) is 47.9 Å². The molecule has 0 radical (unpaired) electrons. The minimum absolute atomic E-state index is 0.394. The van der Waals surface area contributed by atoms with E-state index >= 15 is 0 Å². The lowest BCUT2D eigenvalue weighted by atomic mass is 10.3. The summed E-state index contributed by atoms with van der Waals surface area (Å²) in [7, 11) is 0. The third-order valence-electron chi connectivity index (χ3n) is 2.12. The van der Waals surface area contributed by atoms with Gasteiger partial charge >= 0.3 is 0 Å². The van der Waals surface area contributed by atoms with Gasteiger partial charge < -0.3 is 4.74 Å². The third kappa shape index (κ3) is 3.67. The molecule has 2 rings (SSSR count). The van der Waals surface area contributed by atoms with Gasteiger partial charge in [-0.15, -0.1) is 0 Å². The second-order valence-electron chi connectivity index (χ2n) is 3.50. The van der Waals surface area contributed by atoms with Gasteiger partial charge in [0.2, 0.25) is 5.88 Å². The molecule has 88 valence electrons. The van der Waals surface area contributed by atoms with Gasteiger partial charge in [-0.2, -0.15) is 4.98 Å². The summed E-state index contributed by atoms with van der Waals surface area (Å²) in [5, 5.41) is 0.394. The minimum Gasteiger partial charge on any atom is -0.477 e. The zero-order chi connectivity index (χ0) is 12.1. The second kappa shape index (κ2) is 5.59. The highest BCUT2D eigenvalue weighted by Crippen LogP contribution is 2.13. The molecule has 0 unspecified atom stereocenters. The lowest BCUT2D eigenvalue weighted by Crippen LogP contribution is -2.04. The number of hydrogen-bond donors (Lipinski definition) is 0. The monoisotopic (exact) mass is 249 g/mol. The van der Waals surface area contributed by atoms with E-state index in [1.165, 1.54) is 0 Å². The molecular formula is C12H12ClN3O. The van der Waals surface area contributed by atoms with Crippen LogP contribution in [0.15, 0.2) is 30.5 Å². The molecule has 0 aliphatic rings. The smallest absolute Gasteiger partial charge is 0.218 e. The van der Waals surface area contributed by atoms with Gasteiger partial charge in [-0.25, -0.2) is 4.98 Å². The average molecular weight is 250 g/mol. The molecule has 0 saturated heterocycles. The van der Waals surface area contributed by atoms with E-state index in [9.17, 15) is 0 Å².